The lowest BCUT2D eigenvalue weighted by molar-refractivity contribution is 1.02. The molecule has 17 heavy (non-hydrogen) atoms. The van der Waals surface area contributed by atoms with E-state index in [1.54, 1.807) is 12.1 Å². The Labute approximate surface area is 116 Å². The maximum atomic E-state index is 6.47. The molecule has 0 amide bonds. The number of hydrogen-bond donors (Lipinski definition) is 0. The molecule has 0 fully saturated rings. The minimum absolute atomic E-state index is 0.627. The molecule has 0 bridgehead atoms. The molecule has 0 atom stereocenters. The fourth-order valence-electron chi connectivity index (χ4n) is 1.76. The topological polar surface area (TPSA) is 0 Å². The first-order valence-electron chi connectivity index (χ1n) is 5.22. The van der Waals surface area contributed by atoms with Crippen molar-refractivity contribution in [3.8, 4) is 0 Å². The Bertz CT molecular complexity index is 532. The Balaban J connectivity index is 2.53. The largest absolute Gasteiger partial charge is 0.168 e. The fourth-order valence-corrected chi connectivity index (χ4v) is 2.61. The molecule has 0 N–H and O–H groups in total. The van der Waals surface area contributed by atoms with Crippen molar-refractivity contribution >= 4 is 34.8 Å². The lowest BCUT2D eigenvalue weighted by atomic mass is 9.99. The monoisotopic (exact) mass is 284 g/mol. The average Bonchev–Trinajstić information content (AvgIpc) is 2.29. The zero-order valence-corrected chi connectivity index (χ0v) is 11.5. The Morgan fingerprint density at radius 3 is 2.29 bits per heavy atom. The van der Waals surface area contributed by atoms with E-state index < -0.39 is 4.33 Å². The maximum Gasteiger partial charge on any atom is 0.168 e. The van der Waals surface area contributed by atoms with Crippen LogP contribution >= 0.6 is 34.8 Å². The summed E-state index contributed by atoms with van der Waals surface area (Å²) in [4.78, 5) is 0. The number of hydrogen-bond acceptors (Lipinski definition) is 0. The van der Waals surface area contributed by atoms with Gasteiger partial charge in [-0.25, -0.2) is 0 Å². The SMILES string of the molecule is Cc1ccccc1C(Cl)(Cl)c1cccc(Cl)c1. The van der Waals surface area contributed by atoms with Crippen molar-refractivity contribution in [2.24, 2.45) is 0 Å². The van der Waals surface area contributed by atoms with Gasteiger partial charge in [0.1, 0.15) is 0 Å². The molecule has 0 aliphatic rings. The lowest BCUT2D eigenvalue weighted by Gasteiger charge is -2.22. The molecule has 0 aliphatic carbocycles. The smallest absolute Gasteiger partial charge is 0.0909 e. The summed E-state index contributed by atoms with van der Waals surface area (Å²) in [5.41, 5.74) is 2.71. The summed E-state index contributed by atoms with van der Waals surface area (Å²) >= 11 is 18.9. The lowest BCUT2D eigenvalue weighted by Crippen LogP contribution is -2.13. The van der Waals surface area contributed by atoms with Gasteiger partial charge in [-0.3, -0.25) is 0 Å². The molecule has 0 heterocycles. The van der Waals surface area contributed by atoms with Crippen LogP contribution in [-0.2, 0) is 4.33 Å². The highest BCUT2D eigenvalue weighted by Gasteiger charge is 2.30. The highest BCUT2D eigenvalue weighted by molar-refractivity contribution is 6.50. The minimum atomic E-state index is -1.07. The van der Waals surface area contributed by atoms with E-state index >= 15 is 0 Å². The summed E-state index contributed by atoms with van der Waals surface area (Å²) in [5.74, 6) is 0. The zero-order chi connectivity index (χ0) is 12.5. The first kappa shape index (κ1) is 12.8. The van der Waals surface area contributed by atoms with E-state index in [2.05, 4.69) is 0 Å². The van der Waals surface area contributed by atoms with E-state index in [0.29, 0.717) is 5.02 Å². The number of benzene rings is 2. The Morgan fingerprint density at radius 1 is 0.941 bits per heavy atom. The minimum Gasteiger partial charge on any atom is -0.0909 e. The normalized spacial score (nSPS) is 11.5. The van der Waals surface area contributed by atoms with Gasteiger partial charge in [-0.05, 0) is 35.7 Å². The molecule has 2 aromatic rings. The summed E-state index contributed by atoms with van der Waals surface area (Å²) < 4.78 is -1.07. The van der Waals surface area contributed by atoms with E-state index in [4.69, 9.17) is 34.8 Å². The van der Waals surface area contributed by atoms with Crippen LogP contribution in [0.1, 0.15) is 16.7 Å². The van der Waals surface area contributed by atoms with Crippen LogP contribution in [0.3, 0.4) is 0 Å². The van der Waals surface area contributed by atoms with Crippen molar-refractivity contribution in [3.05, 3.63) is 70.2 Å². The molecule has 2 aromatic carbocycles. The van der Waals surface area contributed by atoms with Crippen molar-refractivity contribution in [2.75, 3.05) is 0 Å². The van der Waals surface area contributed by atoms with Crippen molar-refractivity contribution in [1.29, 1.82) is 0 Å². The summed E-state index contributed by atoms with van der Waals surface area (Å²) in [6.07, 6.45) is 0. The van der Waals surface area contributed by atoms with Crippen LogP contribution in [0.4, 0.5) is 0 Å². The van der Waals surface area contributed by atoms with Gasteiger partial charge in [0.2, 0.25) is 0 Å². The molecular weight excluding hydrogens is 275 g/mol. The van der Waals surface area contributed by atoms with Gasteiger partial charge in [0.25, 0.3) is 0 Å². The summed E-state index contributed by atoms with van der Waals surface area (Å²) in [6, 6.07) is 15.1. The molecule has 0 unspecified atom stereocenters. The van der Waals surface area contributed by atoms with E-state index in [9.17, 15) is 0 Å². The van der Waals surface area contributed by atoms with Gasteiger partial charge in [0, 0.05) is 5.02 Å². The Kier molecular flexibility index (Phi) is 3.67. The van der Waals surface area contributed by atoms with Crippen LogP contribution in [0.5, 0.6) is 0 Å². The molecule has 3 heteroatoms. The summed E-state index contributed by atoms with van der Waals surface area (Å²) in [6.45, 7) is 1.99. The Morgan fingerprint density at radius 2 is 1.65 bits per heavy atom. The second kappa shape index (κ2) is 4.89. The van der Waals surface area contributed by atoms with Gasteiger partial charge in [-0.15, -0.1) is 0 Å². The van der Waals surface area contributed by atoms with Gasteiger partial charge in [-0.2, -0.15) is 0 Å². The zero-order valence-electron chi connectivity index (χ0n) is 9.25. The second-order valence-corrected chi connectivity index (χ2v) is 5.66. The van der Waals surface area contributed by atoms with Gasteiger partial charge in [0.15, 0.2) is 4.33 Å². The summed E-state index contributed by atoms with van der Waals surface area (Å²) in [7, 11) is 0. The van der Waals surface area contributed by atoms with E-state index in [1.165, 1.54) is 0 Å². The molecule has 88 valence electrons. The quantitative estimate of drug-likeness (QED) is 0.654. The number of halogens is 3. The first-order valence-corrected chi connectivity index (χ1v) is 6.35. The average molecular weight is 286 g/mol. The number of rotatable bonds is 2. The third kappa shape index (κ3) is 2.60. The van der Waals surface area contributed by atoms with Crippen molar-refractivity contribution in [3.63, 3.8) is 0 Å². The van der Waals surface area contributed by atoms with Crippen LogP contribution < -0.4 is 0 Å². The van der Waals surface area contributed by atoms with Crippen LogP contribution in [0, 0.1) is 6.92 Å². The fraction of sp³-hybridized carbons (Fsp3) is 0.143. The van der Waals surface area contributed by atoms with Crippen LogP contribution in [0.25, 0.3) is 0 Å². The van der Waals surface area contributed by atoms with Crippen LogP contribution in [0.2, 0.25) is 5.02 Å². The second-order valence-electron chi connectivity index (χ2n) is 3.90. The standard InChI is InChI=1S/C14H11Cl3/c1-10-5-2-3-8-13(10)14(16,17)11-6-4-7-12(15)9-11/h2-9H,1H3. The molecular formula is C14H11Cl3. The van der Waals surface area contributed by atoms with Crippen molar-refractivity contribution in [2.45, 2.75) is 11.3 Å². The molecule has 0 saturated carbocycles. The predicted molar refractivity (Wildman–Crippen MR) is 75.1 cm³/mol. The third-order valence-electron chi connectivity index (χ3n) is 2.67. The molecule has 0 aromatic heterocycles. The molecule has 0 nitrogen and oxygen atoms in total. The molecule has 0 saturated heterocycles. The Hall–Kier alpha value is -0.690. The van der Waals surface area contributed by atoms with Gasteiger partial charge in [0.05, 0.1) is 0 Å². The van der Waals surface area contributed by atoms with Gasteiger partial charge in [-0.1, -0.05) is 71.2 Å². The van der Waals surface area contributed by atoms with E-state index in [0.717, 1.165) is 16.7 Å². The van der Waals surface area contributed by atoms with Crippen molar-refractivity contribution < 1.29 is 0 Å². The highest BCUT2D eigenvalue weighted by atomic mass is 35.5. The number of aryl methyl sites for hydroxylation is 1. The number of alkyl halides is 2. The summed E-state index contributed by atoms with van der Waals surface area (Å²) in [5, 5.41) is 0.627. The van der Waals surface area contributed by atoms with Crippen molar-refractivity contribution in [1.82, 2.24) is 0 Å². The van der Waals surface area contributed by atoms with Crippen LogP contribution in [-0.4, -0.2) is 0 Å². The molecule has 0 spiro atoms. The van der Waals surface area contributed by atoms with Crippen LogP contribution in [0.15, 0.2) is 48.5 Å². The van der Waals surface area contributed by atoms with Gasteiger partial charge >= 0.3 is 0 Å². The van der Waals surface area contributed by atoms with E-state index in [1.807, 2.05) is 43.3 Å². The van der Waals surface area contributed by atoms with Gasteiger partial charge < -0.3 is 0 Å². The first-order chi connectivity index (χ1) is 8.01. The molecule has 0 radical (unpaired) electrons. The molecule has 0 aliphatic heterocycles. The third-order valence-corrected chi connectivity index (χ3v) is 3.75. The maximum absolute atomic E-state index is 6.47. The van der Waals surface area contributed by atoms with E-state index in [-0.39, 0.29) is 0 Å². The highest BCUT2D eigenvalue weighted by Crippen LogP contribution is 2.42. The molecule has 2 rings (SSSR count). The predicted octanol–water partition coefficient (Wildman–Crippen LogP) is 5.33.